The summed E-state index contributed by atoms with van der Waals surface area (Å²) in [5.41, 5.74) is 0.640. The van der Waals surface area contributed by atoms with Crippen LogP contribution in [0.3, 0.4) is 0 Å². The Labute approximate surface area is 106 Å². The lowest BCUT2D eigenvalue weighted by atomic mass is 10.1. The monoisotopic (exact) mass is 247 g/mol. The van der Waals surface area contributed by atoms with E-state index in [1.807, 2.05) is 30.8 Å². The highest BCUT2D eigenvalue weighted by Crippen LogP contribution is 2.29. The molecule has 0 bridgehead atoms. The molecule has 1 unspecified atom stereocenters. The minimum absolute atomic E-state index is 0.135. The Morgan fingerprint density at radius 1 is 1.33 bits per heavy atom. The van der Waals surface area contributed by atoms with E-state index < -0.39 is 0 Å². The van der Waals surface area contributed by atoms with E-state index in [1.165, 1.54) is 12.1 Å². The standard InChI is InChI=1S/C13H17N3O2/c1-3-16-7-6-13(15-16)14-9(2)11-8-10(17)4-5-12(11)18/h4-9,17-18H,3H2,1-2H3,(H,14,15). The van der Waals surface area contributed by atoms with Gasteiger partial charge in [-0.15, -0.1) is 0 Å². The lowest BCUT2D eigenvalue weighted by Gasteiger charge is -2.15. The first-order valence-electron chi connectivity index (χ1n) is 5.92. The summed E-state index contributed by atoms with van der Waals surface area (Å²) in [6, 6.07) is 6.21. The van der Waals surface area contributed by atoms with Crippen LogP contribution >= 0.6 is 0 Å². The molecule has 18 heavy (non-hydrogen) atoms. The molecule has 5 nitrogen and oxygen atoms in total. The Bertz CT molecular complexity index is 537. The number of aromatic nitrogens is 2. The van der Waals surface area contributed by atoms with E-state index in [1.54, 1.807) is 6.07 Å². The molecule has 1 atom stereocenters. The third-order valence-electron chi connectivity index (χ3n) is 2.81. The number of rotatable bonds is 4. The van der Waals surface area contributed by atoms with Gasteiger partial charge in [0, 0.05) is 24.4 Å². The van der Waals surface area contributed by atoms with Gasteiger partial charge >= 0.3 is 0 Å². The highest BCUT2D eigenvalue weighted by Gasteiger charge is 2.12. The predicted octanol–water partition coefficient (Wildman–Crippen LogP) is 2.49. The number of aryl methyl sites for hydroxylation is 1. The summed E-state index contributed by atoms with van der Waals surface area (Å²) < 4.78 is 1.82. The molecule has 0 spiro atoms. The van der Waals surface area contributed by atoms with Gasteiger partial charge in [0.25, 0.3) is 0 Å². The molecule has 0 saturated carbocycles. The average Bonchev–Trinajstić information content (AvgIpc) is 2.80. The van der Waals surface area contributed by atoms with Crippen LogP contribution in [-0.2, 0) is 6.54 Å². The Hall–Kier alpha value is -2.17. The molecule has 0 aliphatic carbocycles. The highest BCUT2D eigenvalue weighted by molar-refractivity contribution is 5.45. The van der Waals surface area contributed by atoms with Crippen LogP contribution in [0.5, 0.6) is 11.5 Å². The number of hydrogen-bond donors (Lipinski definition) is 3. The first kappa shape index (κ1) is 12.3. The SMILES string of the molecule is CCn1ccc(NC(C)c2cc(O)ccc2O)n1. The molecular weight excluding hydrogens is 230 g/mol. The molecular formula is C13H17N3O2. The van der Waals surface area contributed by atoms with Gasteiger partial charge in [-0.25, -0.2) is 0 Å². The average molecular weight is 247 g/mol. The van der Waals surface area contributed by atoms with Crippen molar-refractivity contribution in [2.75, 3.05) is 5.32 Å². The van der Waals surface area contributed by atoms with Gasteiger partial charge in [0.05, 0.1) is 6.04 Å². The second-order valence-corrected chi connectivity index (χ2v) is 4.17. The van der Waals surface area contributed by atoms with Gasteiger partial charge in [-0.1, -0.05) is 0 Å². The quantitative estimate of drug-likeness (QED) is 0.726. The third kappa shape index (κ3) is 2.56. The number of phenols is 2. The summed E-state index contributed by atoms with van der Waals surface area (Å²) >= 11 is 0. The zero-order valence-corrected chi connectivity index (χ0v) is 10.5. The summed E-state index contributed by atoms with van der Waals surface area (Å²) in [5.74, 6) is 1.03. The molecule has 2 aromatic rings. The van der Waals surface area contributed by atoms with Crippen molar-refractivity contribution >= 4 is 5.82 Å². The van der Waals surface area contributed by atoms with Crippen molar-refractivity contribution < 1.29 is 10.2 Å². The van der Waals surface area contributed by atoms with Gasteiger partial charge in [-0.05, 0) is 32.0 Å². The highest BCUT2D eigenvalue weighted by atomic mass is 16.3. The molecule has 3 N–H and O–H groups in total. The molecule has 1 heterocycles. The number of aromatic hydroxyl groups is 2. The largest absolute Gasteiger partial charge is 0.508 e. The maximum absolute atomic E-state index is 9.76. The Kier molecular flexibility index (Phi) is 3.41. The molecule has 0 radical (unpaired) electrons. The van der Waals surface area contributed by atoms with Crippen LogP contribution in [0.15, 0.2) is 30.5 Å². The lowest BCUT2D eigenvalue weighted by Crippen LogP contribution is -2.08. The Balaban J connectivity index is 2.16. The molecule has 2 rings (SSSR count). The number of benzene rings is 1. The number of phenolic OH excluding ortho intramolecular Hbond substituents is 2. The van der Waals surface area contributed by atoms with Crippen LogP contribution in [0.2, 0.25) is 0 Å². The van der Waals surface area contributed by atoms with E-state index in [2.05, 4.69) is 10.4 Å². The van der Waals surface area contributed by atoms with Crippen molar-refractivity contribution in [1.82, 2.24) is 9.78 Å². The van der Waals surface area contributed by atoms with Gasteiger partial charge in [-0.3, -0.25) is 4.68 Å². The van der Waals surface area contributed by atoms with Crippen LogP contribution in [0, 0.1) is 0 Å². The molecule has 1 aromatic heterocycles. The third-order valence-corrected chi connectivity index (χ3v) is 2.81. The zero-order valence-electron chi connectivity index (χ0n) is 10.5. The van der Waals surface area contributed by atoms with Gasteiger partial charge < -0.3 is 15.5 Å². The number of nitrogens with zero attached hydrogens (tertiary/aromatic N) is 2. The maximum Gasteiger partial charge on any atom is 0.148 e. The summed E-state index contributed by atoms with van der Waals surface area (Å²) in [5, 5.41) is 26.7. The summed E-state index contributed by atoms with van der Waals surface area (Å²) in [7, 11) is 0. The van der Waals surface area contributed by atoms with E-state index in [-0.39, 0.29) is 17.5 Å². The van der Waals surface area contributed by atoms with Gasteiger partial charge in [0.2, 0.25) is 0 Å². The molecule has 5 heteroatoms. The first-order chi connectivity index (χ1) is 8.60. The minimum atomic E-state index is -0.141. The van der Waals surface area contributed by atoms with Crippen LogP contribution in [0.1, 0.15) is 25.5 Å². The Morgan fingerprint density at radius 2 is 2.11 bits per heavy atom. The van der Waals surface area contributed by atoms with Gasteiger partial charge in [-0.2, -0.15) is 5.10 Å². The van der Waals surface area contributed by atoms with E-state index in [4.69, 9.17) is 0 Å². The van der Waals surface area contributed by atoms with Crippen molar-refractivity contribution in [3.05, 3.63) is 36.0 Å². The Morgan fingerprint density at radius 3 is 2.78 bits per heavy atom. The van der Waals surface area contributed by atoms with Crippen molar-refractivity contribution in [3.63, 3.8) is 0 Å². The summed E-state index contributed by atoms with van der Waals surface area (Å²) in [4.78, 5) is 0. The normalized spacial score (nSPS) is 12.3. The van der Waals surface area contributed by atoms with Crippen molar-refractivity contribution in [1.29, 1.82) is 0 Å². The molecule has 0 fully saturated rings. The lowest BCUT2D eigenvalue weighted by molar-refractivity contribution is 0.451. The molecule has 0 saturated heterocycles. The number of hydrogen-bond acceptors (Lipinski definition) is 4. The fourth-order valence-corrected chi connectivity index (χ4v) is 1.80. The minimum Gasteiger partial charge on any atom is -0.508 e. The van der Waals surface area contributed by atoms with Crippen LogP contribution in [0.25, 0.3) is 0 Å². The van der Waals surface area contributed by atoms with E-state index >= 15 is 0 Å². The van der Waals surface area contributed by atoms with Crippen molar-refractivity contribution in [2.45, 2.75) is 26.4 Å². The molecule has 0 amide bonds. The molecule has 0 aliphatic heterocycles. The van der Waals surface area contributed by atoms with E-state index in [0.29, 0.717) is 5.56 Å². The van der Waals surface area contributed by atoms with Crippen molar-refractivity contribution in [3.8, 4) is 11.5 Å². The maximum atomic E-state index is 9.76. The second-order valence-electron chi connectivity index (χ2n) is 4.17. The van der Waals surface area contributed by atoms with Gasteiger partial charge in [0.1, 0.15) is 17.3 Å². The second kappa shape index (κ2) is 5.00. The van der Waals surface area contributed by atoms with Crippen molar-refractivity contribution in [2.24, 2.45) is 0 Å². The smallest absolute Gasteiger partial charge is 0.148 e. The number of nitrogens with one attached hydrogen (secondary N) is 1. The number of anilines is 1. The fourth-order valence-electron chi connectivity index (χ4n) is 1.80. The van der Waals surface area contributed by atoms with Crippen LogP contribution in [0.4, 0.5) is 5.82 Å². The van der Waals surface area contributed by atoms with Crippen LogP contribution < -0.4 is 5.32 Å². The van der Waals surface area contributed by atoms with E-state index in [9.17, 15) is 10.2 Å². The first-order valence-corrected chi connectivity index (χ1v) is 5.92. The predicted molar refractivity (Wildman–Crippen MR) is 69.7 cm³/mol. The van der Waals surface area contributed by atoms with Gasteiger partial charge in [0.15, 0.2) is 0 Å². The zero-order chi connectivity index (χ0) is 13.1. The van der Waals surface area contributed by atoms with E-state index in [0.717, 1.165) is 12.4 Å². The fraction of sp³-hybridized carbons (Fsp3) is 0.308. The molecule has 1 aromatic carbocycles. The molecule has 0 aliphatic rings. The topological polar surface area (TPSA) is 70.3 Å². The summed E-state index contributed by atoms with van der Waals surface area (Å²) in [6.45, 7) is 4.73. The summed E-state index contributed by atoms with van der Waals surface area (Å²) in [6.07, 6.45) is 1.89. The molecule has 96 valence electrons. The van der Waals surface area contributed by atoms with Crippen LogP contribution in [-0.4, -0.2) is 20.0 Å².